The molecule has 0 aliphatic heterocycles. The van der Waals surface area contributed by atoms with Crippen molar-refractivity contribution in [2.24, 2.45) is 5.92 Å². The molecule has 18 heavy (non-hydrogen) atoms. The summed E-state index contributed by atoms with van der Waals surface area (Å²) in [5.74, 6) is 0.891. The van der Waals surface area contributed by atoms with E-state index in [0.717, 1.165) is 28.4 Å². The van der Waals surface area contributed by atoms with Gasteiger partial charge in [-0.05, 0) is 43.1 Å². The van der Waals surface area contributed by atoms with E-state index in [1.807, 2.05) is 6.20 Å². The maximum Gasteiger partial charge on any atom is 0.179 e. The summed E-state index contributed by atoms with van der Waals surface area (Å²) >= 11 is 5.40. The maximum atomic E-state index is 5.40. The largest absolute Gasteiger partial charge is 0.329 e. The van der Waals surface area contributed by atoms with E-state index < -0.39 is 0 Å². The van der Waals surface area contributed by atoms with E-state index >= 15 is 0 Å². The zero-order valence-electron chi connectivity index (χ0n) is 10.8. The second kappa shape index (κ2) is 4.84. The normalized spacial score (nSPS) is 16.7. The van der Waals surface area contributed by atoms with Crippen LogP contribution in [-0.2, 0) is 6.54 Å². The van der Waals surface area contributed by atoms with E-state index in [2.05, 4.69) is 27.5 Å². The molecule has 1 N–H and O–H groups in total. The zero-order valence-corrected chi connectivity index (χ0v) is 11.6. The highest BCUT2D eigenvalue weighted by molar-refractivity contribution is 7.71. The van der Waals surface area contributed by atoms with Crippen LogP contribution in [0.1, 0.15) is 37.7 Å². The van der Waals surface area contributed by atoms with E-state index in [1.165, 1.54) is 37.7 Å². The average molecular weight is 261 g/mol. The molecule has 0 radical (unpaired) electrons. The fraction of sp³-hybridized carbons (Fsp3) is 0.571. The van der Waals surface area contributed by atoms with Gasteiger partial charge in [-0.3, -0.25) is 0 Å². The summed E-state index contributed by atoms with van der Waals surface area (Å²) in [6.45, 7) is 3.05. The molecule has 0 amide bonds. The van der Waals surface area contributed by atoms with Crippen molar-refractivity contribution in [3.8, 4) is 0 Å². The molecular weight excluding hydrogens is 242 g/mol. The lowest BCUT2D eigenvalue weighted by atomic mass is 10.0. The lowest BCUT2D eigenvalue weighted by Gasteiger charge is -2.09. The summed E-state index contributed by atoms with van der Waals surface area (Å²) in [6, 6.07) is 2.12. The van der Waals surface area contributed by atoms with E-state index in [0.29, 0.717) is 0 Å². The van der Waals surface area contributed by atoms with Gasteiger partial charge in [0, 0.05) is 12.7 Å². The van der Waals surface area contributed by atoms with E-state index in [4.69, 9.17) is 12.2 Å². The molecular formula is C14H19N3S. The summed E-state index contributed by atoms with van der Waals surface area (Å²) < 4.78 is 2.96. The lowest BCUT2D eigenvalue weighted by molar-refractivity contribution is 0.460. The van der Waals surface area contributed by atoms with Crippen LogP contribution in [0, 0.1) is 17.6 Å². The molecule has 4 heteroatoms. The third-order valence-electron chi connectivity index (χ3n) is 3.98. The lowest BCUT2D eigenvalue weighted by Crippen LogP contribution is -2.04. The molecule has 0 spiro atoms. The SMILES string of the molecule is Cc1cnc2c(c1)[nH]c(=S)n2CCC1CCCC1. The van der Waals surface area contributed by atoms with Crippen molar-refractivity contribution in [3.63, 3.8) is 0 Å². The Balaban J connectivity index is 1.86. The van der Waals surface area contributed by atoms with E-state index in [-0.39, 0.29) is 0 Å². The molecule has 96 valence electrons. The minimum atomic E-state index is 0.807. The fourth-order valence-electron chi connectivity index (χ4n) is 2.97. The third kappa shape index (κ3) is 2.21. The van der Waals surface area contributed by atoms with Gasteiger partial charge in [0.2, 0.25) is 0 Å². The van der Waals surface area contributed by atoms with Crippen molar-refractivity contribution in [2.45, 2.75) is 45.6 Å². The topological polar surface area (TPSA) is 33.6 Å². The number of nitrogens with zero attached hydrogens (tertiary/aromatic N) is 2. The number of imidazole rings is 1. The first-order valence-corrected chi connectivity index (χ1v) is 7.20. The molecule has 1 saturated carbocycles. The Hall–Kier alpha value is -1.16. The first-order valence-electron chi connectivity index (χ1n) is 6.79. The van der Waals surface area contributed by atoms with Crippen molar-refractivity contribution in [2.75, 3.05) is 0 Å². The molecule has 0 aromatic carbocycles. The Kier molecular flexibility index (Phi) is 3.20. The smallest absolute Gasteiger partial charge is 0.179 e. The standard InChI is InChI=1S/C14H19N3S/c1-10-8-12-13(15-9-10)17(14(18)16-12)7-6-11-4-2-3-5-11/h8-9,11H,2-7H2,1H3,(H,16,18). The predicted octanol–water partition coefficient (Wildman–Crippen LogP) is 3.98. The van der Waals surface area contributed by atoms with Crippen LogP contribution < -0.4 is 0 Å². The molecule has 0 atom stereocenters. The van der Waals surface area contributed by atoms with Gasteiger partial charge in [0.15, 0.2) is 10.4 Å². The summed E-state index contributed by atoms with van der Waals surface area (Å²) in [7, 11) is 0. The number of nitrogens with one attached hydrogen (secondary N) is 1. The van der Waals surface area contributed by atoms with Gasteiger partial charge in [-0.25, -0.2) is 4.98 Å². The molecule has 0 bridgehead atoms. The molecule has 2 aromatic heterocycles. The Morgan fingerprint density at radius 2 is 2.22 bits per heavy atom. The summed E-state index contributed by atoms with van der Waals surface area (Å²) in [4.78, 5) is 7.77. The quantitative estimate of drug-likeness (QED) is 0.848. The second-order valence-electron chi connectivity index (χ2n) is 5.40. The summed E-state index contributed by atoms with van der Waals surface area (Å²) in [5, 5.41) is 0. The summed E-state index contributed by atoms with van der Waals surface area (Å²) in [5.41, 5.74) is 3.23. The number of fused-ring (bicyclic) bond motifs is 1. The Bertz CT molecular complexity index is 605. The maximum absolute atomic E-state index is 5.40. The van der Waals surface area contributed by atoms with Gasteiger partial charge in [0.25, 0.3) is 0 Å². The zero-order chi connectivity index (χ0) is 12.5. The number of aromatic nitrogens is 3. The molecule has 2 heterocycles. The number of hydrogen-bond donors (Lipinski definition) is 1. The van der Waals surface area contributed by atoms with E-state index in [9.17, 15) is 0 Å². The van der Waals surface area contributed by atoms with Crippen molar-refractivity contribution < 1.29 is 0 Å². The highest BCUT2D eigenvalue weighted by Gasteiger charge is 2.15. The van der Waals surface area contributed by atoms with Crippen LogP contribution in [0.5, 0.6) is 0 Å². The molecule has 2 aromatic rings. The van der Waals surface area contributed by atoms with Crippen molar-refractivity contribution in [1.82, 2.24) is 14.5 Å². The molecule has 1 fully saturated rings. The van der Waals surface area contributed by atoms with E-state index in [1.54, 1.807) is 0 Å². The number of pyridine rings is 1. The van der Waals surface area contributed by atoms with Gasteiger partial charge in [-0.1, -0.05) is 25.7 Å². The van der Waals surface area contributed by atoms with Crippen molar-refractivity contribution in [1.29, 1.82) is 0 Å². The number of hydrogen-bond acceptors (Lipinski definition) is 2. The first-order chi connectivity index (χ1) is 8.74. The second-order valence-corrected chi connectivity index (χ2v) is 5.79. The first kappa shape index (κ1) is 11.9. The molecule has 3 rings (SSSR count). The minimum Gasteiger partial charge on any atom is -0.329 e. The summed E-state index contributed by atoms with van der Waals surface area (Å²) in [6.07, 6.45) is 8.74. The number of rotatable bonds is 3. The van der Waals surface area contributed by atoms with Gasteiger partial charge >= 0.3 is 0 Å². The molecule has 1 aliphatic rings. The number of H-pyrrole nitrogens is 1. The fourth-order valence-corrected chi connectivity index (χ4v) is 3.25. The van der Waals surface area contributed by atoms with Crippen LogP contribution in [0.25, 0.3) is 11.2 Å². The van der Waals surface area contributed by atoms with Gasteiger partial charge in [-0.15, -0.1) is 0 Å². The molecule has 1 aliphatic carbocycles. The van der Waals surface area contributed by atoms with Crippen LogP contribution >= 0.6 is 12.2 Å². The molecule has 0 unspecified atom stereocenters. The van der Waals surface area contributed by atoms with Gasteiger partial charge in [-0.2, -0.15) is 0 Å². The van der Waals surface area contributed by atoms with Crippen LogP contribution in [0.3, 0.4) is 0 Å². The molecule has 3 nitrogen and oxygen atoms in total. The van der Waals surface area contributed by atoms with Gasteiger partial charge in [0.05, 0.1) is 5.52 Å². The van der Waals surface area contributed by atoms with Crippen molar-refractivity contribution in [3.05, 3.63) is 22.6 Å². The van der Waals surface area contributed by atoms with Crippen LogP contribution in [0.4, 0.5) is 0 Å². The highest BCUT2D eigenvalue weighted by Crippen LogP contribution is 2.28. The van der Waals surface area contributed by atoms with Crippen LogP contribution in [0.2, 0.25) is 0 Å². The Morgan fingerprint density at radius 3 is 3.00 bits per heavy atom. The highest BCUT2D eigenvalue weighted by atomic mass is 32.1. The minimum absolute atomic E-state index is 0.807. The van der Waals surface area contributed by atoms with Gasteiger partial charge in [0.1, 0.15) is 0 Å². The van der Waals surface area contributed by atoms with Crippen LogP contribution in [-0.4, -0.2) is 14.5 Å². The Labute approximate surface area is 112 Å². The van der Waals surface area contributed by atoms with Crippen LogP contribution in [0.15, 0.2) is 12.3 Å². The third-order valence-corrected chi connectivity index (χ3v) is 4.30. The predicted molar refractivity (Wildman–Crippen MR) is 76.2 cm³/mol. The number of aromatic amines is 1. The molecule has 0 saturated heterocycles. The average Bonchev–Trinajstić information content (AvgIpc) is 2.93. The van der Waals surface area contributed by atoms with Crippen molar-refractivity contribution >= 4 is 23.4 Å². The monoisotopic (exact) mass is 261 g/mol. The Morgan fingerprint density at radius 1 is 1.44 bits per heavy atom. The number of aryl methyl sites for hydroxylation is 2. The van der Waals surface area contributed by atoms with Gasteiger partial charge < -0.3 is 9.55 Å².